The summed E-state index contributed by atoms with van der Waals surface area (Å²) >= 11 is 0.0270. The van der Waals surface area contributed by atoms with Gasteiger partial charge in [0.15, 0.2) is 0 Å². The van der Waals surface area contributed by atoms with Crippen molar-refractivity contribution < 1.29 is 6.85 Å². The maximum absolute atomic E-state index is 9.04. The molecule has 0 aliphatic rings. The molecule has 14 rings (SSSR count). The van der Waals surface area contributed by atoms with Crippen molar-refractivity contribution in [1.29, 1.82) is 0 Å². The molecule has 0 amide bonds. The molecule has 0 spiro atoms. The summed E-state index contributed by atoms with van der Waals surface area (Å²) < 4.78 is 48.6. The Bertz CT molecular complexity index is 4390. The third-order valence-electron chi connectivity index (χ3n) is 13.7. The van der Waals surface area contributed by atoms with Gasteiger partial charge in [-0.15, -0.1) is 0 Å². The Morgan fingerprint density at radius 2 is 0.758 bits per heavy atom. The van der Waals surface area contributed by atoms with Gasteiger partial charge in [-0.05, 0) is 12.1 Å². The van der Waals surface area contributed by atoms with Crippen molar-refractivity contribution in [3.05, 3.63) is 236 Å². The van der Waals surface area contributed by atoms with Gasteiger partial charge in [0.05, 0.1) is 11.0 Å². The summed E-state index contributed by atoms with van der Waals surface area (Å²) in [7, 11) is 0. The Balaban J connectivity index is 0.946. The fraction of sp³-hybridized carbons (Fsp3) is 0. The minimum atomic E-state index is -0.395. The van der Waals surface area contributed by atoms with Gasteiger partial charge in [0.1, 0.15) is 0 Å². The number of benzene rings is 12. The zero-order valence-electron chi connectivity index (χ0n) is 40.5. The minimum absolute atomic E-state index is 0.0270. The van der Waals surface area contributed by atoms with Gasteiger partial charge in [0, 0.05) is 10.8 Å². The van der Waals surface area contributed by atoms with Crippen molar-refractivity contribution in [3.63, 3.8) is 0 Å². The average Bonchev–Trinajstić information content (AvgIpc) is 3.97. The SMILES string of the molecule is [2H]c1c([2H])c([2H])c(-c2c3ccccc3c(-c3cccc4[se]c5cc(-c6c7ccccc7c(-c7ccc(-n8c9ccccc9c9ccccc98)cc7)c7ccccc67)ccc5c34)c3ccccc23)c([2H])c1[2H]. The molecule has 0 aliphatic carbocycles. The Labute approximate surface area is 394 Å². The first-order chi connectivity index (χ1) is 34.9. The molecule has 66 heavy (non-hydrogen) atoms. The molecule has 0 fully saturated rings. The third-order valence-corrected chi connectivity index (χ3v) is 16.0. The van der Waals surface area contributed by atoms with Gasteiger partial charge in [0.25, 0.3) is 0 Å². The van der Waals surface area contributed by atoms with E-state index in [1.54, 1.807) is 0 Å². The van der Waals surface area contributed by atoms with Gasteiger partial charge in [-0.1, -0.05) is 36.4 Å². The van der Waals surface area contributed by atoms with Crippen LogP contribution in [0.4, 0.5) is 0 Å². The number of fused-ring (bicyclic) bond motifs is 10. The van der Waals surface area contributed by atoms with E-state index in [9.17, 15) is 0 Å². The normalized spacial score (nSPS) is 13.0. The monoisotopic (exact) mass is 906 g/mol. The van der Waals surface area contributed by atoms with Crippen molar-refractivity contribution in [3.8, 4) is 50.2 Å². The van der Waals surface area contributed by atoms with Crippen LogP contribution in [0.1, 0.15) is 6.85 Å². The molecule has 0 aliphatic heterocycles. The van der Waals surface area contributed by atoms with E-state index in [2.05, 4.69) is 174 Å². The van der Waals surface area contributed by atoms with Crippen LogP contribution < -0.4 is 0 Å². The van der Waals surface area contributed by atoms with Crippen LogP contribution in [0.25, 0.3) is 134 Å². The van der Waals surface area contributed by atoms with Crippen molar-refractivity contribution in [2.24, 2.45) is 0 Å². The molecule has 12 aromatic carbocycles. The second-order valence-corrected chi connectivity index (χ2v) is 19.4. The quantitative estimate of drug-likeness (QED) is 0.120. The summed E-state index contributed by atoms with van der Waals surface area (Å²) in [5, 5.41) is 13.5. The van der Waals surface area contributed by atoms with E-state index in [0.717, 1.165) is 38.4 Å². The summed E-state index contributed by atoms with van der Waals surface area (Å²) in [5.41, 5.74) is 11.4. The van der Waals surface area contributed by atoms with Gasteiger partial charge in [-0.3, -0.25) is 0 Å². The molecule has 14 aromatic rings. The first-order valence-electron chi connectivity index (χ1n) is 24.8. The Hall–Kier alpha value is -8.00. The second-order valence-electron chi connectivity index (χ2n) is 17.1. The van der Waals surface area contributed by atoms with Crippen molar-refractivity contribution >= 4 is 98.7 Å². The summed E-state index contributed by atoms with van der Waals surface area (Å²) in [6, 6.07) is 72.7. The number of hydrogen-bond acceptors (Lipinski definition) is 0. The predicted octanol–water partition coefficient (Wildman–Crippen LogP) is 17.4. The number of para-hydroxylation sites is 2. The molecule has 0 bridgehead atoms. The molecule has 0 radical (unpaired) electrons. The van der Waals surface area contributed by atoms with Crippen LogP contribution in [0, 0.1) is 0 Å². The topological polar surface area (TPSA) is 4.93 Å². The molecular formula is C64H39NSe. The number of rotatable bonds is 5. The van der Waals surface area contributed by atoms with Crippen LogP contribution in [0.3, 0.4) is 0 Å². The van der Waals surface area contributed by atoms with Crippen LogP contribution in [-0.2, 0) is 0 Å². The van der Waals surface area contributed by atoms with E-state index in [-0.39, 0.29) is 44.2 Å². The first-order valence-corrected chi connectivity index (χ1v) is 24.1. The molecule has 0 saturated heterocycles. The van der Waals surface area contributed by atoms with E-state index in [1.165, 1.54) is 84.9 Å². The average molecular weight is 906 g/mol. The molecule has 0 N–H and O–H groups in total. The maximum atomic E-state index is 9.04. The summed E-state index contributed by atoms with van der Waals surface area (Å²) in [4.78, 5) is 0. The second kappa shape index (κ2) is 14.8. The zero-order valence-corrected chi connectivity index (χ0v) is 37.2. The first kappa shape index (κ1) is 32.6. The summed E-state index contributed by atoms with van der Waals surface area (Å²) in [6.45, 7) is 0. The molecule has 2 aromatic heterocycles. The van der Waals surface area contributed by atoms with Crippen LogP contribution in [0.5, 0.6) is 0 Å². The molecule has 1 nitrogen and oxygen atoms in total. The molecule has 0 atom stereocenters. The van der Waals surface area contributed by atoms with E-state index in [4.69, 9.17) is 6.85 Å². The number of aromatic nitrogens is 1. The van der Waals surface area contributed by atoms with E-state index in [1.807, 2.05) is 36.4 Å². The molecule has 2 heteroatoms. The van der Waals surface area contributed by atoms with Crippen molar-refractivity contribution in [2.75, 3.05) is 0 Å². The standard InChI is InChI=1S/C64H39NSe/c1-2-17-40(18-3-1)60-50-25-8-10-27-52(50)63(53-28-11-9-26-51(53)60)55-29-16-32-58-64(55)54-38-35-42(39-59(54)66-58)62-48-23-6-4-21-46(48)61(47-22-5-7-24-49(47)62)41-33-36-43(37-34-41)65-56-30-14-12-19-44(56)45-20-13-15-31-57(45)65/h1-39H/i1D,2D,3D,17D,18D. The molecule has 306 valence electrons. The molecular weight excluding hydrogens is 862 g/mol. The number of nitrogens with zero attached hydrogens (tertiary/aromatic N) is 1. The fourth-order valence-corrected chi connectivity index (χ4v) is 13.4. The summed E-state index contributed by atoms with van der Waals surface area (Å²) in [6.07, 6.45) is 0. The van der Waals surface area contributed by atoms with Gasteiger partial charge in [-0.2, -0.15) is 0 Å². The van der Waals surface area contributed by atoms with Gasteiger partial charge in [0.2, 0.25) is 0 Å². The Kier molecular flexibility index (Phi) is 7.30. The molecule has 0 saturated carbocycles. The van der Waals surface area contributed by atoms with Gasteiger partial charge < -0.3 is 0 Å². The molecule has 0 unspecified atom stereocenters. The third kappa shape index (κ3) is 5.53. The van der Waals surface area contributed by atoms with Crippen LogP contribution >= 0.6 is 0 Å². The van der Waals surface area contributed by atoms with Crippen LogP contribution in [-0.4, -0.2) is 19.1 Å². The fourth-order valence-electron chi connectivity index (χ4n) is 11.0. The van der Waals surface area contributed by atoms with E-state index >= 15 is 0 Å². The predicted molar refractivity (Wildman–Crippen MR) is 285 cm³/mol. The molecule has 2 heterocycles. The Morgan fingerprint density at radius 3 is 1.29 bits per heavy atom. The van der Waals surface area contributed by atoms with Crippen LogP contribution in [0.2, 0.25) is 0 Å². The van der Waals surface area contributed by atoms with Crippen molar-refractivity contribution in [1.82, 2.24) is 4.57 Å². The van der Waals surface area contributed by atoms with Gasteiger partial charge in [-0.25, -0.2) is 0 Å². The zero-order chi connectivity index (χ0) is 47.6. The van der Waals surface area contributed by atoms with E-state index in [0.29, 0.717) is 5.56 Å². The van der Waals surface area contributed by atoms with E-state index < -0.39 is 6.04 Å². The summed E-state index contributed by atoms with van der Waals surface area (Å²) in [5.74, 6) is 0. The van der Waals surface area contributed by atoms with Crippen molar-refractivity contribution in [2.45, 2.75) is 0 Å². The van der Waals surface area contributed by atoms with Crippen LogP contribution in [0.15, 0.2) is 236 Å². The number of hydrogen-bond donors (Lipinski definition) is 0. The van der Waals surface area contributed by atoms with Gasteiger partial charge >= 0.3 is 326 Å². The Morgan fingerprint density at radius 1 is 0.318 bits per heavy atom.